The summed E-state index contributed by atoms with van der Waals surface area (Å²) in [6.07, 6.45) is 8.23. The number of aromatic nitrogens is 2. The molecule has 1 atom stereocenters. The number of nitrogens with two attached hydrogens (primary N) is 1. The molecule has 2 N–H and O–H groups in total. The monoisotopic (exact) mass is 407 g/mol. The van der Waals surface area contributed by atoms with Crippen LogP contribution in [0.5, 0.6) is 11.8 Å². The lowest BCUT2D eigenvalue weighted by Gasteiger charge is -2.58. The fourth-order valence-electron chi connectivity index (χ4n) is 5.94. The number of hydrogen-bond acceptors (Lipinski definition) is 7. The van der Waals surface area contributed by atoms with Crippen molar-refractivity contribution in [1.29, 1.82) is 0 Å². The molecular formula is C20H29N3O4S. The number of thioether (sulfide) groups is 1. The van der Waals surface area contributed by atoms with E-state index in [4.69, 9.17) is 19.9 Å². The Morgan fingerprint density at radius 3 is 2.32 bits per heavy atom. The van der Waals surface area contributed by atoms with Gasteiger partial charge >= 0.3 is 0 Å². The Bertz CT molecular complexity index is 694. The highest BCUT2D eigenvalue weighted by Gasteiger charge is 2.56. The fraction of sp³-hybridized carbons (Fsp3) is 0.750. The van der Waals surface area contributed by atoms with Crippen LogP contribution in [0.15, 0.2) is 11.2 Å². The van der Waals surface area contributed by atoms with Crippen molar-refractivity contribution in [3.8, 4) is 11.8 Å². The second kappa shape index (κ2) is 8.06. The molecule has 4 bridgehead atoms. The van der Waals surface area contributed by atoms with Crippen LogP contribution in [0.25, 0.3) is 0 Å². The molecule has 1 heterocycles. The summed E-state index contributed by atoms with van der Waals surface area (Å²) < 4.78 is 16.9. The summed E-state index contributed by atoms with van der Waals surface area (Å²) in [5.74, 6) is 2.49. The van der Waals surface area contributed by atoms with E-state index in [-0.39, 0.29) is 5.41 Å². The van der Waals surface area contributed by atoms with E-state index in [1.54, 1.807) is 13.2 Å². The minimum atomic E-state index is -0.655. The molecule has 4 aliphatic carbocycles. The summed E-state index contributed by atoms with van der Waals surface area (Å²) in [5.41, 5.74) is 5.70. The molecule has 0 radical (unpaired) electrons. The highest BCUT2D eigenvalue weighted by molar-refractivity contribution is 7.98. The van der Waals surface area contributed by atoms with Gasteiger partial charge in [0.05, 0.1) is 12.7 Å². The third kappa shape index (κ3) is 3.94. The van der Waals surface area contributed by atoms with Crippen LogP contribution in [0.2, 0.25) is 0 Å². The molecule has 28 heavy (non-hydrogen) atoms. The van der Waals surface area contributed by atoms with Gasteiger partial charge < -0.3 is 19.9 Å². The molecule has 0 saturated heterocycles. The van der Waals surface area contributed by atoms with Gasteiger partial charge in [0, 0.05) is 12.5 Å². The highest BCUT2D eigenvalue weighted by atomic mass is 32.2. The summed E-state index contributed by atoms with van der Waals surface area (Å²) in [7, 11) is 1.62. The van der Waals surface area contributed by atoms with Gasteiger partial charge in [-0.2, -0.15) is 9.97 Å². The van der Waals surface area contributed by atoms with Crippen LogP contribution in [0.3, 0.4) is 0 Å². The molecule has 4 fully saturated rings. The zero-order valence-electron chi connectivity index (χ0n) is 16.6. The lowest BCUT2D eigenvalue weighted by molar-refractivity contribution is -0.148. The van der Waals surface area contributed by atoms with Crippen LogP contribution in [0.4, 0.5) is 0 Å². The summed E-state index contributed by atoms with van der Waals surface area (Å²) in [6.45, 7) is 0.848. The van der Waals surface area contributed by atoms with Crippen molar-refractivity contribution in [3.05, 3.63) is 6.07 Å². The van der Waals surface area contributed by atoms with Gasteiger partial charge in [-0.3, -0.25) is 4.79 Å². The number of ether oxygens (including phenoxy) is 3. The first kappa shape index (κ1) is 19.8. The van der Waals surface area contributed by atoms with Crippen LogP contribution in [0, 0.1) is 23.2 Å². The molecule has 7 nitrogen and oxygen atoms in total. The first-order chi connectivity index (χ1) is 13.5. The summed E-state index contributed by atoms with van der Waals surface area (Å²) in [4.78, 5) is 21.3. The van der Waals surface area contributed by atoms with Gasteiger partial charge in [0.15, 0.2) is 11.3 Å². The Morgan fingerprint density at radius 1 is 1.18 bits per heavy atom. The normalized spacial score (nSPS) is 31.6. The van der Waals surface area contributed by atoms with Gasteiger partial charge in [-0.1, -0.05) is 11.8 Å². The van der Waals surface area contributed by atoms with E-state index >= 15 is 0 Å². The Kier molecular flexibility index (Phi) is 5.69. The first-order valence-electron chi connectivity index (χ1n) is 10.0. The molecule has 0 aliphatic heterocycles. The molecule has 4 aliphatic rings. The van der Waals surface area contributed by atoms with E-state index in [1.165, 1.54) is 31.0 Å². The summed E-state index contributed by atoms with van der Waals surface area (Å²) in [5, 5.41) is 0.540. The van der Waals surface area contributed by atoms with Crippen molar-refractivity contribution < 1.29 is 19.0 Å². The van der Waals surface area contributed by atoms with Crippen molar-refractivity contribution in [1.82, 2.24) is 9.97 Å². The van der Waals surface area contributed by atoms with Gasteiger partial charge in [0.2, 0.25) is 11.8 Å². The molecule has 1 aromatic heterocycles. The van der Waals surface area contributed by atoms with E-state index in [9.17, 15) is 4.79 Å². The van der Waals surface area contributed by atoms with Crippen molar-refractivity contribution in [2.75, 3.05) is 26.6 Å². The number of amides is 1. The van der Waals surface area contributed by atoms with E-state index in [2.05, 4.69) is 9.97 Å². The number of hydrogen-bond donors (Lipinski definition) is 1. The molecule has 4 saturated carbocycles. The van der Waals surface area contributed by atoms with Gasteiger partial charge in [0.1, 0.15) is 6.61 Å². The average molecular weight is 408 g/mol. The van der Waals surface area contributed by atoms with Crippen molar-refractivity contribution >= 4 is 17.7 Å². The number of carbonyl (C=O) groups excluding carboxylic acids is 1. The minimum absolute atomic E-state index is 0.151. The fourth-order valence-corrected chi connectivity index (χ4v) is 6.31. The van der Waals surface area contributed by atoms with Crippen LogP contribution in [-0.4, -0.2) is 48.6 Å². The molecule has 1 unspecified atom stereocenters. The zero-order chi connectivity index (χ0) is 19.7. The van der Waals surface area contributed by atoms with Gasteiger partial charge in [-0.05, 0) is 62.5 Å². The Morgan fingerprint density at radius 2 is 1.79 bits per heavy atom. The quantitative estimate of drug-likeness (QED) is 0.382. The molecule has 1 amide bonds. The third-order valence-corrected chi connectivity index (χ3v) is 7.07. The molecule has 0 spiro atoms. The van der Waals surface area contributed by atoms with Crippen molar-refractivity contribution in [2.45, 2.75) is 49.8 Å². The maximum absolute atomic E-state index is 12.5. The number of methoxy groups -OCH3 is 1. The maximum Gasteiger partial charge on any atom is 0.259 e. The molecule has 1 aromatic rings. The molecule has 0 aromatic carbocycles. The summed E-state index contributed by atoms with van der Waals surface area (Å²) in [6, 6.07) is 1.64. The Labute approximate surface area is 170 Å². The van der Waals surface area contributed by atoms with Crippen molar-refractivity contribution in [2.24, 2.45) is 28.9 Å². The molecule has 8 heteroatoms. The van der Waals surface area contributed by atoms with Crippen LogP contribution in [-0.2, 0) is 9.53 Å². The maximum atomic E-state index is 12.5. The van der Waals surface area contributed by atoms with Crippen molar-refractivity contribution in [3.63, 3.8) is 0 Å². The molecular weight excluding hydrogens is 378 g/mol. The Balaban J connectivity index is 1.57. The topological polar surface area (TPSA) is 96.6 Å². The largest absolute Gasteiger partial charge is 0.475 e. The first-order valence-corrected chi connectivity index (χ1v) is 11.2. The smallest absolute Gasteiger partial charge is 0.259 e. The second-order valence-corrected chi connectivity index (χ2v) is 9.33. The number of primary amides is 1. The van der Waals surface area contributed by atoms with E-state index < -0.39 is 12.0 Å². The number of rotatable bonds is 9. The number of carbonyl (C=O) groups is 1. The van der Waals surface area contributed by atoms with E-state index in [1.807, 2.05) is 6.26 Å². The lowest BCUT2D eigenvalue weighted by atomic mass is 9.48. The highest BCUT2D eigenvalue weighted by Crippen LogP contribution is 2.61. The van der Waals surface area contributed by atoms with Crippen LogP contribution in [0.1, 0.15) is 38.5 Å². The SMILES string of the molecule is COCCOc1cc(OC(C(N)=O)C23CC4CC(CC(C4)C2)C3)nc(SC)n1. The lowest BCUT2D eigenvalue weighted by Crippen LogP contribution is -2.57. The third-order valence-electron chi connectivity index (χ3n) is 6.52. The second-order valence-electron chi connectivity index (χ2n) is 8.55. The van der Waals surface area contributed by atoms with Gasteiger partial charge in [-0.25, -0.2) is 0 Å². The predicted octanol–water partition coefficient (Wildman–Crippen LogP) is 2.67. The molecule has 154 valence electrons. The summed E-state index contributed by atoms with van der Waals surface area (Å²) >= 11 is 1.40. The van der Waals surface area contributed by atoms with E-state index in [0.29, 0.717) is 47.9 Å². The van der Waals surface area contributed by atoms with E-state index in [0.717, 1.165) is 19.3 Å². The minimum Gasteiger partial charge on any atom is -0.475 e. The van der Waals surface area contributed by atoms with Gasteiger partial charge in [0.25, 0.3) is 5.91 Å². The Hall–Kier alpha value is -1.54. The average Bonchev–Trinajstić information content (AvgIpc) is 2.64. The predicted molar refractivity (Wildman–Crippen MR) is 105 cm³/mol. The standard InChI is InChI=1S/C20H29N3O4S/c1-25-3-4-26-15-8-16(23-19(22-15)28-2)27-17(18(21)24)20-9-12-5-13(10-20)7-14(6-12)11-20/h8,12-14,17H,3-7,9-11H2,1-2H3,(H2,21,24). The molecule has 5 rings (SSSR count). The van der Waals surface area contributed by atoms with Gasteiger partial charge in [-0.15, -0.1) is 0 Å². The van der Waals surface area contributed by atoms with Crippen LogP contribution >= 0.6 is 11.8 Å². The zero-order valence-corrected chi connectivity index (χ0v) is 17.4. The van der Waals surface area contributed by atoms with Crippen LogP contribution < -0.4 is 15.2 Å². The number of nitrogens with zero attached hydrogens (tertiary/aromatic N) is 2.